The summed E-state index contributed by atoms with van der Waals surface area (Å²) in [5, 5.41) is 3.30. The van der Waals surface area contributed by atoms with Crippen molar-refractivity contribution >= 4 is 0 Å². The summed E-state index contributed by atoms with van der Waals surface area (Å²) in [4.78, 5) is 4.29. The molecule has 1 fully saturated rings. The van der Waals surface area contributed by atoms with E-state index in [0.29, 0.717) is 17.9 Å². The summed E-state index contributed by atoms with van der Waals surface area (Å²) in [5.41, 5.74) is 1.34. The molecule has 4 nitrogen and oxygen atoms in total. The van der Waals surface area contributed by atoms with Gasteiger partial charge >= 0.3 is 0 Å². The van der Waals surface area contributed by atoms with Crippen LogP contribution in [0, 0.1) is 5.92 Å². The van der Waals surface area contributed by atoms with E-state index < -0.39 is 0 Å². The van der Waals surface area contributed by atoms with E-state index in [1.807, 2.05) is 12.5 Å². The van der Waals surface area contributed by atoms with Gasteiger partial charge in [-0.2, -0.15) is 0 Å². The van der Waals surface area contributed by atoms with Crippen LogP contribution < -0.4 is 5.32 Å². The van der Waals surface area contributed by atoms with Crippen LogP contribution in [0.25, 0.3) is 0 Å². The van der Waals surface area contributed by atoms with Gasteiger partial charge in [0.15, 0.2) is 0 Å². The maximum Gasteiger partial charge on any atom is 0.0951 e. The fourth-order valence-corrected chi connectivity index (χ4v) is 2.17. The van der Waals surface area contributed by atoms with E-state index in [1.165, 1.54) is 5.69 Å². The monoisotopic (exact) mass is 223 g/mol. The number of hydrogen-bond acceptors (Lipinski definition) is 3. The molecule has 0 saturated carbocycles. The second kappa shape index (κ2) is 4.97. The molecule has 0 bridgehead atoms. The highest BCUT2D eigenvalue weighted by atomic mass is 16.5. The zero-order chi connectivity index (χ0) is 11.5. The summed E-state index contributed by atoms with van der Waals surface area (Å²) in [5.74, 6) is 1.18. The first-order valence-electron chi connectivity index (χ1n) is 5.95. The van der Waals surface area contributed by atoms with Gasteiger partial charge in [-0.3, -0.25) is 0 Å². The van der Waals surface area contributed by atoms with Crippen LogP contribution in [0.15, 0.2) is 12.5 Å². The molecule has 1 aromatic heterocycles. The average Bonchev–Trinajstić information content (AvgIpc) is 2.59. The number of rotatable bonds is 5. The number of aromatic nitrogens is 2. The summed E-state index contributed by atoms with van der Waals surface area (Å²) in [6.45, 7) is 7.35. The maximum atomic E-state index is 5.31. The minimum atomic E-state index is 0.392. The van der Waals surface area contributed by atoms with Gasteiger partial charge < -0.3 is 14.6 Å². The van der Waals surface area contributed by atoms with Gasteiger partial charge in [-0.1, -0.05) is 13.8 Å². The summed E-state index contributed by atoms with van der Waals surface area (Å²) in [7, 11) is 1.76. The SMILES string of the molecule is COCC(C(C)C)n1cncc1C1CNC1. The Labute approximate surface area is 97.0 Å². The molecule has 1 unspecified atom stereocenters. The topological polar surface area (TPSA) is 39.1 Å². The average molecular weight is 223 g/mol. The number of ether oxygens (including phenoxy) is 1. The van der Waals surface area contributed by atoms with Crippen molar-refractivity contribution in [3.05, 3.63) is 18.2 Å². The Hall–Kier alpha value is -0.870. The summed E-state index contributed by atoms with van der Waals surface area (Å²) >= 11 is 0. The smallest absolute Gasteiger partial charge is 0.0951 e. The summed E-state index contributed by atoms with van der Waals surface area (Å²) in [6.07, 6.45) is 3.94. The second-order valence-electron chi connectivity index (χ2n) is 4.85. The van der Waals surface area contributed by atoms with E-state index in [9.17, 15) is 0 Å². The van der Waals surface area contributed by atoms with Crippen molar-refractivity contribution in [1.29, 1.82) is 0 Å². The Morgan fingerprint density at radius 3 is 2.81 bits per heavy atom. The molecule has 1 aromatic rings. The maximum absolute atomic E-state index is 5.31. The number of hydrogen-bond donors (Lipinski definition) is 1. The van der Waals surface area contributed by atoms with Crippen LogP contribution in [0.4, 0.5) is 0 Å². The first kappa shape index (κ1) is 11.6. The van der Waals surface area contributed by atoms with Crippen LogP contribution >= 0.6 is 0 Å². The third kappa shape index (κ3) is 2.13. The molecule has 0 amide bonds. The van der Waals surface area contributed by atoms with Crippen molar-refractivity contribution < 1.29 is 4.74 Å². The molecule has 0 spiro atoms. The molecule has 2 rings (SSSR count). The van der Waals surface area contributed by atoms with Crippen molar-refractivity contribution in [2.45, 2.75) is 25.8 Å². The zero-order valence-corrected chi connectivity index (χ0v) is 10.3. The zero-order valence-electron chi connectivity index (χ0n) is 10.3. The third-order valence-corrected chi connectivity index (χ3v) is 3.36. The molecule has 1 aliphatic heterocycles. The molecule has 90 valence electrons. The lowest BCUT2D eigenvalue weighted by molar-refractivity contribution is 0.130. The predicted molar refractivity (Wildman–Crippen MR) is 63.6 cm³/mol. The van der Waals surface area contributed by atoms with Gasteiger partial charge in [-0.05, 0) is 5.92 Å². The first-order chi connectivity index (χ1) is 7.74. The van der Waals surface area contributed by atoms with Crippen LogP contribution in [-0.2, 0) is 4.74 Å². The molecule has 16 heavy (non-hydrogen) atoms. The molecule has 2 heterocycles. The highest BCUT2D eigenvalue weighted by Gasteiger charge is 2.26. The standard InChI is InChI=1S/C12H21N3O/c1-9(2)12(7-16-3)15-8-14-6-11(15)10-4-13-5-10/h6,8-10,12-13H,4-5,7H2,1-3H3. The molecular formula is C12H21N3O. The molecule has 4 heteroatoms. The van der Waals surface area contributed by atoms with E-state index in [4.69, 9.17) is 4.74 Å². The summed E-state index contributed by atoms with van der Waals surface area (Å²) in [6, 6.07) is 0.392. The van der Waals surface area contributed by atoms with Crippen molar-refractivity contribution in [1.82, 2.24) is 14.9 Å². The fraction of sp³-hybridized carbons (Fsp3) is 0.750. The van der Waals surface area contributed by atoms with Gasteiger partial charge in [0, 0.05) is 38.0 Å². The number of imidazole rings is 1. The minimum absolute atomic E-state index is 0.392. The van der Waals surface area contributed by atoms with E-state index in [1.54, 1.807) is 7.11 Å². The Bertz CT molecular complexity index is 331. The lowest BCUT2D eigenvalue weighted by atomic mass is 9.97. The van der Waals surface area contributed by atoms with Crippen LogP contribution in [0.3, 0.4) is 0 Å². The van der Waals surface area contributed by atoms with Crippen LogP contribution in [0.5, 0.6) is 0 Å². The summed E-state index contributed by atoms with van der Waals surface area (Å²) < 4.78 is 7.60. The second-order valence-corrected chi connectivity index (χ2v) is 4.85. The van der Waals surface area contributed by atoms with Crippen molar-refractivity contribution in [3.8, 4) is 0 Å². The van der Waals surface area contributed by atoms with Crippen LogP contribution in [0.2, 0.25) is 0 Å². The normalized spacial score (nSPS) is 18.8. The van der Waals surface area contributed by atoms with Crippen LogP contribution in [0.1, 0.15) is 31.5 Å². The largest absolute Gasteiger partial charge is 0.383 e. The van der Waals surface area contributed by atoms with E-state index in [0.717, 1.165) is 19.7 Å². The molecule has 0 radical (unpaired) electrons. The highest BCUT2D eigenvalue weighted by Crippen LogP contribution is 2.26. The minimum Gasteiger partial charge on any atom is -0.383 e. The Morgan fingerprint density at radius 2 is 2.31 bits per heavy atom. The molecular weight excluding hydrogens is 202 g/mol. The quantitative estimate of drug-likeness (QED) is 0.820. The van der Waals surface area contributed by atoms with Gasteiger partial charge in [0.1, 0.15) is 0 Å². The Kier molecular flexibility index (Phi) is 3.61. The number of nitrogens with one attached hydrogen (secondary N) is 1. The van der Waals surface area contributed by atoms with Gasteiger partial charge in [-0.25, -0.2) is 4.98 Å². The van der Waals surface area contributed by atoms with Crippen molar-refractivity contribution in [3.63, 3.8) is 0 Å². The first-order valence-corrected chi connectivity index (χ1v) is 5.95. The Morgan fingerprint density at radius 1 is 1.56 bits per heavy atom. The van der Waals surface area contributed by atoms with Crippen molar-refractivity contribution in [2.75, 3.05) is 26.8 Å². The van der Waals surface area contributed by atoms with E-state index in [-0.39, 0.29) is 0 Å². The molecule has 1 aliphatic rings. The lowest BCUT2D eigenvalue weighted by Crippen LogP contribution is -2.41. The lowest BCUT2D eigenvalue weighted by Gasteiger charge is -2.31. The molecule has 0 aliphatic carbocycles. The molecule has 1 N–H and O–H groups in total. The van der Waals surface area contributed by atoms with Crippen LogP contribution in [-0.4, -0.2) is 36.4 Å². The van der Waals surface area contributed by atoms with Gasteiger partial charge in [0.25, 0.3) is 0 Å². The Balaban J connectivity index is 2.19. The van der Waals surface area contributed by atoms with Gasteiger partial charge in [0.05, 0.1) is 19.0 Å². The van der Waals surface area contributed by atoms with Gasteiger partial charge in [0.2, 0.25) is 0 Å². The highest BCUT2D eigenvalue weighted by molar-refractivity contribution is 5.13. The van der Waals surface area contributed by atoms with Gasteiger partial charge in [-0.15, -0.1) is 0 Å². The van der Waals surface area contributed by atoms with E-state index >= 15 is 0 Å². The molecule has 1 atom stereocenters. The molecule has 1 saturated heterocycles. The predicted octanol–water partition coefficient (Wildman–Crippen LogP) is 1.41. The molecule has 0 aromatic carbocycles. The number of methoxy groups -OCH3 is 1. The van der Waals surface area contributed by atoms with E-state index in [2.05, 4.69) is 28.7 Å². The third-order valence-electron chi connectivity index (χ3n) is 3.36. The number of nitrogens with zero attached hydrogens (tertiary/aromatic N) is 2. The fourth-order valence-electron chi connectivity index (χ4n) is 2.17. The van der Waals surface area contributed by atoms with Crippen molar-refractivity contribution in [2.24, 2.45) is 5.92 Å².